The third-order valence-electron chi connectivity index (χ3n) is 3.84. The number of sulfonamides is 1. The monoisotopic (exact) mass is 410 g/mol. The van der Waals surface area contributed by atoms with E-state index in [1.165, 1.54) is 37.6 Å². The van der Waals surface area contributed by atoms with Gasteiger partial charge in [0.25, 0.3) is 15.9 Å². The largest absolute Gasteiger partial charge is 0.495 e. The number of nitrogens with one attached hydrogen (secondary N) is 2. The van der Waals surface area contributed by atoms with Crippen LogP contribution in [0.1, 0.15) is 15.9 Å². The number of amides is 1. The highest BCUT2D eigenvalue weighted by Crippen LogP contribution is 2.26. The lowest BCUT2D eigenvalue weighted by atomic mass is 10.2. The number of hydrazone groups is 1. The van der Waals surface area contributed by atoms with Crippen molar-refractivity contribution in [2.24, 2.45) is 5.10 Å². The summed E-state index contributed by atoms with van der Waals surface area (Å²) in [6.45, 7) is 0. The molecule has 0 saturated carbocycles. The summed E-state index contributed by atoms with van der Waals surface area (Å²) in [5.41, 5.74) is 3.58. The molecule has 1 amide bonds. The van der Waals surface area contributed by atoms with Crippen LogP contribution in [0.25, 0.3) is 0 Å². The second-order valence-corrected chi connectivity index (χ2v) is 7.50. The van der Waals surface area contributed by atoms with Crippen molar-refractivity contribution in [1.29, 1.82) is 0 Å². The first-order valence-corrected chi connectivity index (χ1v) is 9.97. The van der Waals surface area contributed by atoms with E-state index in [0.717, 1.165) is 5.56 Å². The average molecular weight is 410 g/mol. The first kappa shape index (κ1) is 20.0. The maximum absolute atomic E-state index is 12.7. The third kappa shape index (κ3) is 5.17. The van der Waals surface area contributed by atoms with Crippen LogP contribution in [-0.2, 0) is 10.0 Å². The van der Waals surface area contributed by atoms with Gasteiger partial charge in [0.1, 0.15) is 5.75 Å². The minimum atomic E-state index is -3.92. The molecule has 3 aromatic rings. The molecule has 2 N–H and O–H groups in total. The zero-order valence-corrected chi connectivity index (χ0v) is 16.3. The Balaban J connectivity index is 1.76. The Kier molecular flexibility index (Phi) is 6.20. The highest BCUT2D eigenvalue weighted by atomic mass is 32.2. The summed E-state index contributed by atoms with van der Waals surface area (Å²) in [5, 5.41) is 3.87. The summed E-state index contributed by atoms with van der Waals surface area (Å²) < 4.78 is 33.0. The number of carbonyl (C=O) groups excluding carboxylic acids is 1. The summed E-state index contributed by atoms with van der Waals surface area (Å²) in [7, 11) is -2.47. The SMILES string of the molecule is COc1ccccc1NS(=O)(=O)c1cccc(C(=O)N/N=C\c2ccncc2)c1. The van der Waals surface area contributed by atoms with Gasteiger partial charge in [0, 0.05) is 18.0 Å². The molecule has 2 aromatic carbocycles. The van der Waals surface area contributed by atoms with Crippen molar-refractivity contribution >= 4 is 27.8 Å². The van der Waals surface area contributed by atoms with Gasteiger partial charge in [-0.2, -0.15) is 5.10 Å². The lowest BCUT2D eigenvalue weighted by Gasteiger charge is -2.12. The number of ether oxygens (including phenoxy) is 1. The molecule has 0 saturated heterocycles. The highest BCUT2D eigenvalue weighted by molar-refractivity contribution is 7.92. The first-order chi connectivity index (χ1) is 14.0. The van der Waals surface area contributed by atoms with Crippen LogP contribution < -0.4 is 14.9 Å². The van der Waals surface area contributed by atoms with E-state index in [9.17, 15) is 13.2 Å². The van der Waals surface area contributed by atoms with E-state index in [2.05, 4.69) is 20.2 Å². The van der Waals surface area contributed by atoms with E-state index in [-0.39, 0.29) is 10.5 Å². The lowest BCUT2D eigenvalue weighted by molar-refractivity contribution is 0.0955. The molecule has 0 fully saturated rings. The van der Waals surface area contributed by atoms with E-state index in [1.54, 1.807) is 48.8 Å². The van der Waals surface area contributed by atoms with Gasteiger partial charge in [-0.15, -0.1) is 0 Å². The normalized spacial score (nSPS) is 11.2. The Morgan fingerprint density at radius 2 is 1.83 bits per heavy atom. The number of methoxy groups -OCH3 is 1. The second-order valence-electron chi connectivity index (χ2n) is 5.81. The van der Waals surface area contributed by atoms with E-state index in [1.807, 2.05) is 0 Å². The fourth-order valence-corrected chi connectivity index (χ4v) is 3.53. The molecular formula is C20H18N4O4S. The maximum Gasteiger partial charge on any atom is 0.271 e. The topological polar surface area (TPSA) is 110 Å². The van der Waals surface area contributed by atoms with Crippen LogP contribution >= 0.6 is 0 Å². The molecule has 8 nitrogen and oxygen atoms in total. The van der Waals surface area contributed by atoms with Crippen molar-refractivity contribution < 1.29 is 17.9 Å². The molecule has 9 heteroatoms. The van der Waals surface area contributed by atoms with Crippen LogP contribution in [0.4, 0.5) is 5.69 Å². The smallest absolute Gasteiger partial charge is 0.271 e. The molecule has 29 heavy (non-hydrogen) atoms. The van der Waals surface area contributed by atoms with Crippen molar-refractivity contribution in [3.63, 3.8) is 0 Å². The van der Waals surface area contributed by atoms with Gasteiger partial charge < -0.3 is 4.74 Å². The van der Waals surface area contributed by atoms with Crippen LogP contribution in [0.5, 0.6) is 5.75 Å². The van der Waals surface area contributed by atoms with Crippen molar-refractivity contribution in [2.75, 3.05) is 11.8 Å². The molecule has 0 aliphatic rings. The van der Waals surface area contributed by atoms with E-state index in [0.29, 0.717) is 11.4 Å². The first-order valence-electron chi connectivity index (χ1n) is 8.49. The number of hydrogen-bond donors (Lipinski definition) is 2. The van der Waals surface area contributed by atoms with Crippen LogP contribution in [0.3, 0.4) is 0 Å². The van der Waals surface area contributed by atoms with E-state index in [4.69, 9.17) is 4.74 Å². The molecule has 0 aliphatic carbocycles. The molecule has 0 bridgehead atoms. The Hall–Kier alpha value is -3.72. The van der Waals surface area contributed by atoms with Crippen LogP contribution in [0.15, 0.2) is 83.1 Å². The standard InChI is InChI=1S/C20H18N4O4S/c1-28-19-8-3-2-7-18(19)24-29(26,27)17-6-4-5-16(13-17)20(25)23-22-14-15-9-11-21-12-10-15/h2-14,24H,1H3,(H,23,25)/b22-14-. The van der Waals surface area contributed by atoms with Gasteiger partial charge in [0.05, 0.1) is 23.9 Å². The summed E-state index contributed by atoms with van der Waals surface area (Å²) in [5.74, 6) is -0.153. The fourth-order valence-electron chi connectivity index (χ4n) is 2.42. The zero-order chi connectivity index (χ0) is 20.7. The van der Waals surface area contributed by atoms with Gasteiger partial charge in [-0.25, -0.2) is 13.8 Å². The predicted molar refractivity (Wildman–Crippen MR) is 110 cm³/mol. The fraction of sp³-hybridized carbons (Fsp3) is 0.0500. The summed E-state index contributed by atoms with van der Waals surface area (Å²) in [6.07, 6.45) is 4.67. The Labute approximate surface area is 168 Å². The van der Waals surface area contributed by atoms with Crippen molar-refractivity contribution in [2.45, 2.75) is 4.90 Å². The maximum atomic E-state index is 12.7. The number of nitrogens with zero attached hydrogens (tertiary/aromatic N) is 2. The molecule has 0 radical (unpaired) electrons. The molecule has 148 valence electrons. The van der Waals surface area contributed by atoms with Crippen LogP contribution in [0, 0.1) is 0 Å². The van der Waals surface area contributed by atoms with Crippen molar-refractivity contribution in [3.05, 3.63) is 84.2 Å². The van der Waals surface area contributed by atoms with Gasteiger partial charge in [-0.05, 0) is 48.0 Å². The second kappa shape index (κ2) is 8.98. The minimum absolute atomic E-state index is 0.0610. The number of hydrogen-bond acceptors (Lipinski definition) is 6. The molecular weight excluding hydrogens is 392 g/mol. The minimum Gasteiger partial charge on any atom is -0.495 e. The van der Waals surface area contributed by atoms with Crippen molar-refractivity contribution in [1.82, 2.24) is 10.4 Å². The van der Waals surface area contributed by atoms with Gasteiger partial charge in [0.2, 0.25) is 0 Å². The number of pyridine rings is 1. The Morgan fingerprint density at radius 1 is 1.07 bits per heavy atom. The van der Waals surface area contributed by atoms with Crippen LogP contribution in [-0.4, -0.2) is 32.6 Å². The number of rotatable bonds is 7. The van der Waals surface area contributed by atoms with Gasteiger partial charge in [-0.3, -0.25) is 14.5 Å². The van der Waals surface area contributed by atoms with Crippen molar-refractivity contribution in [3.8, 4) is 5.75 Å². The quantitative estimate of drug-likeness (QED) is 0.460. The molecule has 1 heterocycles. The number of carbonyl (C=O) groups is 1. The molecule has 1 aromatic heterocycles. The lowest BCUT2D eigenvalue weighted by Crippen LogP contribution is -2.19. The Morgan fingerprint density at radius 3 is 2.59 bits per heavy atom. The number of aromatic nitrogens is 1. The van der Waals surface area contributed by atoms with Gasteiger partial charge >= 0.3 is 0 Å². The third-order valence-corrected chi connectivity index (χ3v) is 5.21. The van der Waals surface area contributed by atoms with E-state index < -0.39 is 15.9 Å². The Bertz CT molecular complexity index is 1130. The highest BCUT2D eigenvalue weighted by Gasteiger charge is 2.18. The molecule has 0 aliphatic heterocycles. The predicted octanol–water partition coefficient (Wildman–Crippen LogP) is 2.65. The van der Waals surface area contributed by atoms with Gasteiger partial charge in [0.15, 0.2) is 0 Å². The average Bonchev–Trinajstić information content (AvgIpc) is 2.74. The van der Waals surface area contributed by atoms with E-state index >= 15 is 0 Å². The molecule has 3 rings (SSSR count). The van der Waals surface area contributed by atoms with Gasteiger partial charge in [-0.1, -0.05) is 18.2 Å². The summed E-state index contributed by atoms with van der Waals surface area (Å²) in [6, 6.07) is 15.8. The molecule has 0 atom stereocenters. The summed E-state index contributed by atoms with van der Waals surface area (Å²) in [4.78, 5) is 16.1. The molecule has 0 unspecified atom stereocenters. The number of anilines is 1. The summed E-state index contributed by atoms with van der Waals surface area (Å²) >= 11 is 0. The zero-order valence-electron chi connectivity index (χ0n) is 15.4. The van der Waals surface area contributed by atoms with Crippen LogP contribution in [0.2, 0.25) is 0 Å². The number of benzene rings is 2. The number of para-hydroxylation sites is 2. The molecule has 0 spiro atoms.